The molecule has 1 aromatic heterocycles. The van der Waals surface area contributed by atoms with Crippen molar-refractivity contribution in [2.45, 2.75) is 37.6 Å². The van der Waals surface area contributed by atoms with Gasteiger partial charge in [0.25, 0.3) is 0 Å². The van der Waals surface area contributed by atoms with Crippen LogP contribution in [-0.4, -0.2) is 32.6 Å². The van der Waals surface area contributed by atoms with Crippen molar-refractivity contribution < 1.29 is 9.18 Å². The standard InChI is InChI=1S/C22H23FN4O/c1-16(17-4-10-20(11-5-17)27-15-24-14-25-27)26(2)21(28)22(12-3-13-22)18-6-8-19(23)9-7-18/h4-11,14-16H,3,12-13H2,1-2H3. The molecule has 1 unspecified atom stereocenters. The number of hydrogen-bond acceptors (Lipinski definition) is 3. The van der Waals surface area contributed by atoms with Crippen LogP contribution in [-0.2, 0) is 10.2 Å². The van der Waals surface area contributed by atoms with Crippen molar-refractivity contribution in [2.24, 2.45) is 0 Å². The lowest BCUT2D eigenvalue weighted by atomic mass is 9.63. The van der Waals surface area contributed by atoms with Gasteiger partial charge in [-0.05, 0) is 55.2 Å². The molecule has 1 fully saturated rings. The lowest BCUT2D eigenvalue weighted by molar-refractivity contribution is -0.141. The van der Waals surface area contributed by atoms with Crippen LogP contribution >= 0.6 is 0 Å². The Kier molecular flexibility index (Phi) is 4.71. The molecule has 0 spiro atoms. The van der Waals surface area contributed by atoms with Gasteiger partial charge in [0.2, 0.25) is 5.91 Å². The summed E-state index contributed by atoms with van der Waals surface area (Å²) in [7, 11) is 1.85. The zero-order valence-electron chi connectivity index (χ0n) is 16.0. The minimum atomic E-state index is -0.530. The molecule has 1 heterocycles. The Morgan fingerprint density at radius 3 is 2.36 bits per heavy atom. The van der Waals surface area contributed by atoms with Gasteiger partial charge in [-0.1, -0.05) is 30.7 Å². The summed E-state index contributed by atoms with van der Waals surface area (Å²) in [6, 6.07) is 14.3. The quantitative estimate of drug-likeness (QED) is 0.673. The number of carbonyl (C=O) groups excluding carboxylic acids is 1. The molecule has 1 amide bonds. The van der Waals surface area contributed by atoms with Crippen LogP contribution in [0, 0.1) is 5.82 Å². The molecule has 4 rings (SSSR count). The number of carbonyl (C=O) groups is 1. The van der Waals surface area contributed by atoms with Gasteiger partial charge in [-0.25, -0.2) is 14.1 Å². The van der Waals surface area contributed by atoms with E-state index in [9.17, 15) is 9.18 Å². The van der Waals surface area contributed by atoms with Crippen molar-refractivity contribution in [3.05, 3.63) is 78.1 Å². The second kappa shape index (κ2) is 7.19. The second-order valence-electron chi connectivity index (χ2n) is 7.47. The first-order chi connectivity index (χ1) is 13.5. The normalized spacial score (nSPS) is 16.2. The van der Waals surface area contributed by atoms with Gasteiger partial charge in [0.1, 0.15) is 18.5 Å². The van der Waals surface area contributed by atoms with Gasteiger partial charge in [-0.3, -0.25) is 4.79 Å². The van der Waals surface area contributed by atoms with E-state index in [2.05, 4.69) is 10.1 Å². The van der Waals surface area contributed by atoms with Crippen LogP contribution in [0.1, 0.15) is 43.4 Å². The molecule has 5 nitrogen and oxygen atoms in total. The largest absolute Gasteiger partial charge is 0.338 e. The maximum absolute atomic E-state index is 13.4. The summed E-state index contributed by atoms with van der Waals surface area (Å²) in [6.07, 6.45) is 5.77. The van der Waals surface area contributed by atoms with E-state index in [-0.39, 0.29) is 17.8 Å². The lowest BCUT2D eigenvalue weighted by Crippen LogP contribution is -2.50. The number of hydrogen-bond donors (Lipinski definition) is 0. The van der Waals surface area contributed by atoms with Gasteiger partial charge in [-0.2, -0.15) is 5.10 Å². The Morgan fingerprint density at radius 2 is 1.82 bits per heavy atom. The summed E-state index contributed by atoms with van der Waals surface area (Å²) in [5.74, 6) is -0.182. The Hall–Kier alpha value is -3.02. The van der Waals surface area contributed by atoms with Crippen LogP contribution in [0.25, 0.3) is 5.69 Å². The SMILES string of the molecule is CC(c1ccc(-n2cncn2)cc1)N(C)C(=O)C1(c2ccc(F)cc2)CCC1. The summed E-state index contributed by atoms with van der Waals surface area (Å²) in [5.41, 5.74) is 2.35. The molecule has 0 saturated heterocycles. The van der Waals surface area contributed by atoms with Gasteiger partial charge >= 0.3 is 0 Å². The molecular weight excluding hydrogens is 355 g/mol. The van der Waals surface area contributed by atoms with Crippen LogP contribution in [0.5, 0.6) is 0 Å². The highest BCUT2D eigenvalue weighted by Gasteiger charge is 2.47. The summed E-state index contributed by atoms with van der Waals surface area (Å²) in [5, 5.41) is 4.13. The van der Waals surface area contributed by atoms with Crippen LogP contribution in [0.2, 0.25) is 0 Å². The summed E-state index contributed by atoms with van der Waals surface area (Å²) in [4.78, 5) is 19.2. The fourth-order valence-electron chi connectivity index (χ4n) is 3.91. The van der Waals surface area contributed by atoms with Gasteiger partial charge < -0.3 is 4.90 Å². The molecule has 3 aromatic rings. The van der Waals surface area contributed by atoms with Gasteiger partial charge in [0.15, 0.2) is 0 Å². The predicted octanol–water partition coefficient (Wildman–Crippen LogP) is 4.05. The maximum Gasteiger partial charge on any atom is 0.233 e. The highest BCUT2D eigenvalue weighted by Crippen LogP contribution is 2.46. The molecule has 1 aliphatic rings. The zero-order chi connectivity index (χ0) is 19.7. The molecule has 6 heteroatoms. The average Bonchev–Trinajstić information content (AvgIpc) is 3.22. The molecule has 2 aromatic carbocycles. The van der Waals surface area contributed by atoms with E-state index < -0.39 is 5.41 Å². The van der Waals surface area contributed by atoms with Crippen LogP contribution < -0.4 is 0 Å². The van der Waals surface area contributed by atoms with Crippen LogP contribution in [0.3, 0.4) is 0 Å². The molecule has 1 atom stereocenters. The Labute approximate surface area is 163 Å². The van der Waals surface area contributed by atoms with E-state index in [0.29, 0.717) is 0 Å². The summed E-state index contributed by atoms with van der Waals surface area (Å²) >= 11 is 0. The molecule has 0 bridgehead atoms. The molecule has 0 radical (unpaired) electrons. The van der Waals surface area contributed by atoms with Crippen molar-refractivity contribution in [1.29, 1.82) is 0 Å². The zero-order valence-corrected chi connectivity index (χ0v) is 16.0. The molecule has 28 heavy (non-hydrogen) atoms. The van der Waals surface area contributed by atoms with Crippen LogP contribution in [0.4, 0.5) is 4.39 Å². The molecular formula is C22H23FN4O. The third-order valence-electron chi connectivity index (χ3n) is 5.97. The van der Waals surface area contributed by atoms with Crippen molar-refractivity contribution in [1.82, 2.24) is 19.7 Å². The number of nitrogens with zero attached hydrogens (tertiary/aromatic N) is 4. The third kappa shape index (κ3) is 3.09. The lowest BCUT2D eigenvalue weighted by Gasteiger charge is -2.44. The predicted molar refractivity (Wildman–Crippen MR) is 104 cm³/mol. The number of benzene rings is 2. The van der Waals surface area contributed by atoms with Crippen molar-refractivity contribution in [3.63, 3.8) is 0 Å². The third-order valence-corrected chi connectivity index (χ3v) is 5.97. The summed E-state index contributed by atoms with van der Waals surface area (Å²) < 4.78 is 15.0. The first kappa shape index (κ1) is 18.3. The van der Waals surface area contributed by atoms with Crippen LogP contribution in [0.15, 0.2) is 61.2 Å². The highest BCUT2D eigenvalue weighted by atomic mass is 19.1. The fraction of sp³-hybridized carbons (Fsp3) is 0.318. The van der Waals surface area contributed by atoms with E-state index in [1.54, 1.807) is 23.1 Å². The summed E-state index contributed by atoms with van der Waals surface area (Å²) in [6.45, 7) is 2.03. The first-order valence-electron chi connectivity index (χ1n) is 9.49. The topological polar surface area (TPSA) is 51.0 Å². The number of aromatic nitrogens is 3. The van der Waals surface area contributed by atoms with Gasteiger partial charge in [0.05, 0.1) is 17.1 Å². The molecule has 1 aliphatic carbocycles. The number of likely N-dealkylation sites (N-methyl/N-ethyl adjacent to an activating group) is 1. The van der Waals surface area contributed by atoms with Crippen molar-refractivity contribution in [2.75, 3.05) is 7.05 Å². The molecule has 144 valence electrons. The Balaban J connectivity index is 1.55. The van der Waals surface area contributed by atoms with Crippen molar-refractivity contribution in [3.8, 4) is 5.69 Å². The molecule has 0 aliphatic heterocycles. The van der Waals surface area contributed by atoms with Gasteiger partial charge in [0, 0.05) is 7.05 Å². The van der Waals surface area contributed by atoms with E-state index in [1.165, 1.54) is 18.5 Å². The molecule has 0 N–H and O–H groups in total. The smallest absolute Gasteiger partial charge is 0.233 e. The molecule has 1 saturated carbocycles. The second-order valence-corrected chi connectivity index (χ2v) is 7.47. The highest BCUT2D eigenvalue weighted by molar-refractivity contribution is 5.89. The van der Waals surface area contributed by atoms with Crippen molar-refractivity contribution >= 4 is 5.91 Å². The van der Waals surface area contributed by atoms with E-state index in [1.807, 2.05) is 43.1 Å². The monoisotopic (exact) mass is 378 g/mol. The minimum absolute atomic E-state index is 0.0739. The minimum Gasteiger partial charge on any atom is -0.338 e. The number of halogens is 1. The van der Waals surface area contributed by atoms with E-state index >= 15 is 0 Å². The van der Waals surface area contributed by atoms with Gasteiger partial charge in [-0.15, -0.1) is 0 Å². The first-order valence-corrected chi connectivity index (χ1v) is 9.49. The number of amides is 1. The Bertz CT molecular complexity index is 947. The van der Waals surface area contributed by atoms with E-state index in [0.717, 1.165) is 36.1 Å². The Morgan fingerprint density at radius 1 is 1.14 bits per heavy atom. The average molecular weight is 378 g/mol. The number of rotatable bonds is 5. The maximum atomic E-state index is 13.4. The fourth-order valence-corrected chi connectivity index (χ4v) is 3.91. The van der Waals surface area contributed by atoms with E-state index in [4.69, 9.17) is 0 Å².